The van der Waals surface area contributed by atoms with Gasteiger partial charge in [-0.3, -0.25) is 0 Å². The second kappa shape index (κ2) is 3.73. The average Bonchev–Trinajstić information content (AvgIpc) is 2.43. The van der Waals surface area contributed by atoms with Crippen molar-refractivity contribution < 1.29 is 4.74 Å². The molecule has 1 heterocycles. The number of hydrogen-bond acceptors (Lipinski definition) is 3. The molecule has 12 heavy (non-hydrogen) atoms. The van der Waals surface area contributed by atoms with E-state index in [0.717, 1.165) is 19.8 Å². The minimum Gasteiger partial charge on any atom is -0.378 e. The maximum Gasteiger partial charge on any atom is 0.0643 e. The van der Waals surface area contributed by atoms with E-state index in [1.54, 1.807) is 0 Å². The van der Waals surface area contributed by atoms with E-state index < -0.39 is 0 Å². The van der Waals surface area contributed by atoms with Gasteiger partial charge in [0.25, 0.3) is 0 Å². The zero-order valence-corrected chi connectivity index (χ0v) is 7.46. The molecular formula is C9H18N2O. The Morgan fingerprint density at radius 1 is 1.33 bits per heavy atom. The zero-order chi connectivity index (χ0) is 8.39. The van der Waals surface area contributed by atoms with Crippen LogP contribution in [0.2, 0.25) is 0 Å². The third kappa shape index (κ3) is 1.63. The van der Waals surface area contributed by atoms with Gasteiger partial charge in [-0.05, 0) is 25.3 Å². The minimum absolute atomic E-state index is 0.613. The molecule has 3 heteroatoms. The van der Waals surface area contributed by atoms with Crippen molar-refractivity contribution >= 4 is 0 Å². The number of nitrogens with one attached hydrogen (secondary N) is 1. The van der Waals surface area contributed by atoms with Crippen LogP contribution in [0.4, 0.5) is 0 Å². The molecule has 1 aliphatic heterocycles. The Labute approximate surface area is 73.7 Å². The largest absolute Gasteiger partial charge is 0.378 e. The van der Waals surface area contributed by atoms with Crippen LogP contribution in [0.5, 0.6) is 0 Å². The lowest BCUT2D eigenvalue weighted by atomic mass is 10.0. The minimum atomic E-state index is 0.613. The Morgan fingerprint density at radius 3 is 2.75 bits per heavy atom. The first-order valence-electron chi connectivity index (χ1n) is 4.94. The molecule has 2 fully saturated rings. The van der Waals surface area contributed by atoms with E-state index in [9.17, 15) is 0 Å². The van der Waals surface area contributed by atoms with Crippen molar-refractivity contribution in [1.82, 2.24) is 5.32 Å². The third-order valence-electron chi connectivity index (χ3n) is 3.05. The average molecular weight is 170 g/mol. The van der Waals surface area contributed by atoms with Crippen LogP contribution in [0.3, 0.4) is 0 Å². The Bertz CT molecular complexity index is 147. The molecule has 0 aromatic carbocycles. The van der Waals surface area contributed by atoms with Crippen molar-refractivity contribution in [1.29, 1.82) is 0 Å². The van der Waals surface area contributed by atoms with Crippen LogP contribution < -0.4 is 11.1 Å². The molecule has 0 amide bonds. The normalized spacial score (nSPS) is 36.8. The standard InChI is InChI=1S/C9H18N2O/c10-4-7-2-1-3-9(7)11-8-5-12-6-8/h7-9,11H,1-6,10H2. The highest BCUT2D eigenvalue weighted by atomic mass is 16.5. The van der Waals surface area contributed by atoms with Crippen LogP contribution in [0.25, 0.3) is 0 Å². The van der Waals surface area contributed by atoms with Gasteiger partial charge in [0, 0.05) is 6.04 Å². The smallest absolute Gasteiger partial charge is 0.0643 e. The summed E-state index contributed by atoms with van der Waals surface area (Å²) in [5, 5.41) is 3.61. The van der Waals surface area contributed by atoms with Gasteiger partial charge in [0.2, 0.25) is 0 Å². The molecule has 2 unspecified atom stereocenters. The molecular weight excluding hydrogens is 152 g/mol. The lowest BCUT2D eigenvalue weighted by Crippen LogP contribution is -2.52. The van der Waals surface area contributed by atoms with Gasteiger partial charge in [0.15, 0.2) is 0 Å². The molecule has 2 aliphatic rings. The van der Waals surface area contributed by atoms with Crippen molar-refractivity contribution in [3.05, 3.63) is 0 Å². The first-order valence-corrected chi connectivity index (χ1v) is 4.94. The van der Waals surface area contributed by atoms with E-state index >= 15 is 0 Å². The third-order valence-corrected chi connectivity index (χ3v) is 3.05. The van der Waals surface area contributed by atoms with Gasteiger partial charge in [-0.1, -0.05) is 6.42 Å². The van der Waals surface area contributed by atoms with Crippen LogP contribution in [0, 0.1) is 5.92 Å². The summed E-state index contributed by atoms with van der Waals surface area (Å²) in [6.45, 7) is 2.63. The van der Waals surface area contributed by atoms with E-state index in [0.29, 0.717) is 18.0 Å². The van der Waals surface area contributed by atoms with Gasteiger partial charge in [-0.25, -0.2) is 0 Å². The predicted molar refractivity (Wildman–Crippen MR) is 47.9 cm³/mol. The van der Waals surface area contributed by atoms with Crippen molar-refractivity contribution in [2.24, 2.45) is 11.7 Å². The molecule has 3 nitrogen and oxygen atoms in total. The fourth-order valence-electron chi connectivity index (χ4n) is 2.17. The van der Waals surface area contributed by atoms with Gasteiger partial charge in [-0.15, -0.1) is 0 Å². The molecule has 0 bridgehead atoms. The Kier molecular flexibility index (Phi) is 2.63. The highest BCUT2D eigenvalue weighted by Crippen LogP contribution is 2.25. The summed E-state index contributed by atoms with van der Waals surface area (Å²) in [4.78, 5) is 0. The summed E-state index contributed by atoms with van der Waals surface area (Å²) in [6, 6.07) is 1.28. The van der Waals surface area contributed by atoms with Crippen molar-refractivity contribution in [3.8, 4) is 0 Å². The summed E-state index contributed by atoms with van der Waals surface area (Å²) in [5.41, 5.74) is 5.69. The van der Waals surface area contributed by atoms with E-state index in [2.05, 4.69) is 5.32 Å². The molecule has 1 aliphatic carbocycles. The second-order valence-electron chi connectivity index (χ2n) is 3.93. The SMILES string of the molecule is NCC1CCCC1NC1COC1. The van der Waals surface area contributed by atoms with Gasteiger partial charge in [0.05, 0.1) is 19.3 Å². The highest BCUT2D eigenvalue weighted by Gasteiger charge is 2.29. The highest BCUT2D eigenvalue weighted by molar-refractivity contribution is 4.87. The topological polar surface area (TPSA) is 47.3 Å². The van der Waals surface area contributed by atoms with Gasteiger partial charge >= 0.3 is 0 Å². The number of ether oxygens (including phenoxy) is 1. The van der Waals surface area contributed by atoms with Crippen molar-refractivity contribution in [2.45, 2.75) is 31.3 Å². The molecule has 0 aromatic rings. The van der Waals surface area contributed by atoms with Crippen LogP contribution in [-0.4, -0.2) is 31.8 Å². The van der Waals surface area contributed by atoms with Gasteiger partial charge in [0.1, 0.15) is 0 Å². The fourth-order valence-corrected chi connectivity index (χ4v) is 2.17. The maximum atomic E-state index is 5.69. The Balaban J connectivity index is 1.77. The van der Waals surface area contributed by atoms with Crippen LogP contribution in [0.1, 0.15) is 19.3 Å². The Hall–Kier alpha value is -0.120. The van der Waals surface area contributed by atoms with Gasteiger partial charge in [-0.2, -0.15) is 0 Å². The lowest BCUT2D eigenvalue weighted by molar-refractivity contribution is -0.0117. The van der Waals surface area contributed by atoms with E-state index in [1.165, 1.54) is 19.3 Å². The van der Waals surface area contributed by atoms with E-state index in [-0.39, 0.29) is 0 Å². The molecule has 2 rings (SSSR count). The van der Waals surface area contributed by atoms with Crippen LogP contribution in [0.15, 0.2) is 0 Å². The first kappa shape index (κ1) is 8.48. The van der Waals surface area contributed by atoms with E-state index in [1.807, 2.05) is 0 Å². The van der Waals surface area contributed by atoms with Crippen molar-refractivity contribution in [3.63, 3.8) is 0 Å². The molecule has 0 aromatic heterocycles. The predicted octanol–water partition coefficient (Wildman–Crippen LogP) is 0.102. The summed E-state index contributed by atoms with van der Waals surface area (Å²) in [5.74, 6) is 0.714. The fraction of sp³-hybridized carbons (Fsp3) is 1.00. The lowest BCUT2D eigenvalue weighted by Gasteiger charge is -2.32. The number of rotatable bonds is 3. The van der Waals surface area contributed by atoms with E-state index in [4.69, 9.17) is 10.5 Å². The second-order valence-corrected chi connectivity index (χ2v) is 3.93. The van der Waals surface area contributed by atoms with Crippen LogP contribution >= 0.6 is 0 Å². The quantitative estimate of drug-likeness (QED) is 0.631. The molecule has 2 atom stereocenters. The monoisotopic (exact) mass is 170 g/mol. The summed E-state index contributed by atoms with van der Waals surface area (Å²) in [7, 11) is 0. The van der Waals surface area contributed by atoms with Crippen molar-refractivity contribution in [2.75, 3.05) is 19.8 Å². The molecule has 3 N–H and O–H groups in total. The molecule has 0 spiro atoms. The maximum absolute atomic E-state index is 5.69. The molecule has 1 saturated carbocycles. The number of hydrogen-bond donors (Lipinski definition) is 2. The molecule has 1 saturated heterocycles. The first-order chi connectivity index (χ1) is 5.90. The van der Waals surface area contributed by atoms with Crippen LogP contribution in [-0.2, 0) is 4.74 Å². The molecule has 0 radical (unpaired) electrons. The molecule has 70 valence electrons. The summed E-state index contributed by atoms with van der Waals surface area (Å²) < 4.78 is 5.12. The Morgan fingerprint density at radius 2 is 2.17 bits per heavy atom. The zero-order valence-electron chi connectivity index (χ0n) is 7.46. The number of nitrogens with two attached hydrogens (primary N) is 1. The summed E-state index contributed by atoms with van der Waals surface area (Å²) in [6.07, 6.45) is 3.95. The van der Waals surface area contributed by atoms with Gasteiger partial charge < -0.3 is 15.8 Å². The summed E-state index contributed by atoms with van der Waals surface area (Å²) >= 11 is 0.